The van der Waals surface area contributed by atoms with Crippen LogP contribution in [0.3, 0.4) is 0 Å². The van der Waals surface area contributed by atoms with Gasteiger partial charge in [-0.2, -0.15) is 0 Å². The van der Waals surface area contributed by atoms with Crippen LogP contribution in [-0.4, -0.2) is 32.6 Å². The standard InChI is InChI=1S/C9H20O2S2/c1-3-12-8(10)6-5-7-9(11)13-4-2/h8-11H,3-7H2,1-2H3. The molecule has 2 unspecified atom stereocenters. The van der Waals surface area contributed by atoms with Crippen LogP contribution >= 0.6 is 23.5 Å². The minimum absolute atomic E-state index is 0.246. The van der Waals surface area contributed by atoms with Crippen molar-refractivity contribution in [1.29, 1.82) is 0 Å². The lowest BCUT2D eigenvalue weighted by atomic mass is 10.2. The van der Waals surface area contributed by atoms with Gasteiger partial charge in [-0.3, -0.25) is 0 Å². The highest BCUT2D eigenvalue weighted by Gasteiger charge is 2.06. The molecular weight excluding hydrogens is 204 g/mol. The SMILES string of the molecule is CCSC(O)CCCC(O)SCC. The van der Waals surface area contributed by atoms with Crippen molar-refractivity contribution in [3.8, 4) is 0 Å². The van der Waals surface area contributed by atoms with Gasteiger partial charge in [0.2, 0.25) is 0 Å². The molecule has 0 amide bonds. The molecule has 0 aromatic heterocycles. The summed E-state index contributed by atoms with van der Waals surface area (Å²) in [6.07, 6.45) is 2.49. The fraction of sp³-hybridized carbons (Fsp3) is 1.00. The van der Waals surface area contributed by atoms with Crippen LogP contribution in [0.15, 0.2) is 0 Å². The normalized spacial score (nSPS) is 15.7. The molecule has 0 saturated heterocycles. The summed E-state index contributed by atoms with van der Waals surface area (Å²) in [6.45, 7) is 4.07. The molecule has 0 saturated carbocycles. The fourth-order valence-corrected chi connectivity index (χ4v) is 2.45. The molecule has 0 radical (unpaired) electrons. The van der Waals surface area contributed by atoms with E-state index in [1.807, 2.05) is 13.8 Å². The Morgan fingerprint density at radius 3 is 1.62 bits per heavy atom. The molecule has 0 heterocycles. The van der Waals surface area contributed by atoms with Gasteiger partial charge in [-0.05, 0) is 30.8 Å². The molecule has 2 nitrogen and oxygen atoms in total. The van der Waals surface area contributed by atoms with Crippen molar-refractivity contribution in [2.24, 2.45) is 0 Å². The third-order valence-corrected chi connectivity index (χ3v) is 3.53. The topological polar surface area (TPSA) is 40.5 Å². The third kappa shape index (κ3) is 8.94. The van der Waals surface area contributed by atoms with Crippen LogP contribution in [0.5, 0.6) is 0 Å². The molecule has 0 spiro atoms. The van der Waals surface area contributed by atoms with Crippen molar-refractivity contribution in [1.82, 2.24) is 0 Å². The zero-order chi connectivity index (χ0) is 10.1. The van der Waals surface area contributed by atoms with E-state index in [0.717, 1.165) is 30.8 Å². The van der Waals surface area contributed by atoms with Gasteiger partial charge in [0.15, 0.2) is 0 Å². The monoisotopic (exact) mass is 224 g/mol. The molecule has 0 aromatic rings. The Kier molecular flexibility index (Phi) is 9.62. The minimum Gasteiger partial charge on any atom is -0.382 e. The van der Waals surface area contributed by atoms with Gasteiger partial charge in [0, 0.05) is 0 Å². The first-order valence-electron chi connectivity index (χ1n) is 4.80. The van der Waals surface area contributed by atoms with E-state index < -0.39 is 0 Å². The second-order valence-corrected chi connectivity index (χ2v) is 5.66. The number of rotatable bonds is 8. The first kappa shape index (κ1) is 13.6. The van der Waals surface area contributed by atoms with Crippen molar-refractivity contribution < 1.29 is 10.2 Å². The maximum absolute atomic E-state index is 9.37. The van der Waals surface area contributed by atoms with Gasteiger partial charge in [0.05, 0.1) is 10.9 Å². The van der Waals surface area contributed by atoms with E-state index in [0.29, 0.717) is 0 Å². The van der Waals surface area contributed by atoms with Gasteiger partial charge in [0.25, 0.3) is 0 Å². The highest BCUT2D eigenvalue weighted by molar-refractivity contribution is 7.99. The Hall–Kier alpha value is 0.620. The van der Waals surface area contributed by atoms with E-state index in [4.69, 9.17) is 0 Å². The van der Waals surface area contributed by atoms with E-state index in [9.17, 15) is 10.2 Å². The molecule has 4 heteroatoms. The minimum atomic E-state index is -0.246. The van der Waals surface area contributed by atoms with Gasteiger partial charge < -0.3 is 10.2 Å². The van der Waals surface area contributed by atoms with Crippen LogP contribution in [0, 0.1) is 0 Å². The summed E-state index contributed by atoms with van der Waals surface area (Å²) in [7, 11) is 0. The molecule has 13 heavy (non-hydrogen) atoms. The van der Waals surface area contributed by atoms with Crippen LogP contribution in [0.25, 0.3) is 0 Å². The van der Waals surface area contributed by atoms with Crippen molar-refractivity contribution in [2.75, 3.05) is 11.5 Å². The summed E-state index contributed by atoms with van der Waals surface area (Å²) >= 11 is 3.13. The molecule has 0 bridgehead atoms. The summed E-state index contributed by atoms with van der Waals surface area (Å²) in [6, 6.07) is 0. The lowest BCUT2D eigenvalue weighted by molar-refractivity contribution is 0.221. The van der Waals surface area contributed by atoms with E-state index in [1.165, 1.54) is 0 Å². The van der Waals surface area contributed by atoms with Crippen LogP contribution in [0.1, 0.15) is 33.1 Å². The summed E-state index contributed by atoms with van der Waals surface area (Å²) in [5.41, 5.74) is -0.493. The van der Waals surface area contributed by atoms with Gasteiger partial charge >= 0.3 is 0 Å². The highest BCUT2D eigenvalue weighted by atomic mass is 32.2. The van der Waals surface area contributed by atoms with Gasteiger partial charge in [0.1, 0.15) is 0 Å². The van der Waals surface area contributed by atoms with E-state index in [2.05, 4.69) is 0 Å². The third-order valence-electron chi connectivity index (χ3n) is 1.62. The molecule has 0 aliphatic rings. The fourth-order valence-electron chi connectivity index (χ4n) is 1.02. The Morgan fingerprint density at radius 2 is 1.31 bits per heavy atom. The van der Waals surface area contributed by atoms with E-state index >= 15 is 0 Å². The van der Waals surface area contributed by atoms with E-state index in [1.54, 1.807) is 23.5 Å². The number of aliphatic hydroxyl groups is 2. The molecule has 0 aliphatic heterocycles. The molecule has 80 valence electrons. The van der Waals surface area contributed by atoms with Crippen molar-refractivity contribution >= 4 is 23.5 Å². The smallest absolute Gasteiger partial charge is 0.0992 e. The second kappa shape index (κ2) is 9.19. The molecule has 2 atom stereocenters. The molecule has 0 rings (SSSR count). The molecule has 0 fully saturated rings. The summed E-state index contributed by atoms with van der Waals surface area (Å²) < 4.78 is 0. The molecular formula is C9H20O2S2. The maximum Gasteiger partial charge on any atom is 0.0992 e. The van der Waals surface area contributed by atoms with Gasteiger partial charge in [-0.1, -0.05) is 13.8 Å². The Labute approximate surface area is 89.5 Å². The van der Waals surface area contributed by atoms with Gasteiger partial charge in [-0.25, -0.2) is 0 Å². The van der Waals surface area contributed by atoms with Crippen LogP contribution < -0.4 is 0 Å². The van der Waals surface area contributed by atoms with Crippen LogP contribution in [0.4, 0.5) is 0 Å². The zero-order valence-electron chi connectivity index (χ0n) is 8.40. The summed E-state index contributed by atoms with van der Waals surface area (Å²) in [5, 5.41) is 18.7. The van der Waals surface area contributed by atoms with E-state index in [-0.39, 0.29) is 10.9 Å². The average Bonchev–Trinajstić information content (AvgIpc) is 2.05. The largest absolute Gasteiger partial charge is 0.382 e. The van der Waals surface area contributed by atoms with Crippen molar-refractivity contribution in [2.45, 2.75) is 44.0 Å². The van der Waals surface area contributed by atoms with Gasteiger partial charge in [-0.15, -0.1) is 23.5 Å². The molecule has 2 N–H and O–H groups in total. The zero-order valence-corrected chi connectivity index (χ0v) is 10.0. The lowest BCUT2D eigenvalue weighted by Gasteiger charge is -2.11. The Bertz CT molecular complexity index is 99.8. The van der Waals surface area contributed by atoms with Crippen molar-refractivity contribution in [3.05, 3.63) is 0 Å². The number of thioether (sulfide) groups is 2. The van der Waals surface area contributed by atoms with Crippen LogP contribution in [-0.2, 0) is 0 Å². The Morgan fingerprint density at radius 1 is 0.923 bits per heavy atom. The van der Waals surface area contributed by atoms with Crippen molar-refractivity contribution in [3.63, 3.8) is 0 Å². The molecule has 0 aromatic carbocycles. The first-order valence-corrected chi connectivity index (χ1v) is 6.89. The van der Waals surface area contributed by atoms with Crippen LogP contribution in [0.2, 0.25) is 0 Å². The molecule has 0 aliphatic carbocycles. The Balaban J connectivity index is 3.23. The highest BCUT2D eigenvalue weighted by Crippen LogP contribution is 2.18. The predicted octanol–water partition coefficient (Wildman–Crippen LogP) is 2.30. The maximum atomic E-state index is 9.37. The predicted molar refractivity (Wildman–Crippen MR) is 62.1 cm³/mol. The quantitative estimate of drug-likeness (QED) is 0.621. The number of hydrogen-bond donors (Lipinski definition) is 2. The summed E-state index contributed by atoms with van der Waals surface area (Å²) in [5.74, 6) is 1.90. The second-order valence-electron chi connectivity index (χ2n) is 2.75. The first-order chi connectivity index (χ1) is 6.20. The summed E-state index contributed by atoms with van der Waals surface area (Å²) in [4.78, 5) is 0. The number of aliphatic hydroxyl groups excluding tert-OH is 2. The number of hydrogen-bond acceptors (Lipinski definition) is 4. The average molecular weight is 224 g/mol. The lowest BCUT2D eigenvalue weighted by Crippen LogP contribution is -2.05.